The van der Waals surface area contributed by atoms with Crippen molar-refractivity contribution < 1.29 is 17.1 Å². The van der Waals surface area contributed by atoms with Crippen molar-refractivity contribution in [3.05, 3.63) is 49.1 Å². The van der Waals surface area contributed by atoms with E-state index in [2.05, 4.69) is 33.8 Å². The standard InChI is InChI=1S/C14H8N4.C3H8.Cu/c1-3-9-11(15-5-1)12-10(4-2-6-16-12)14-13(9)17-7-8-18-14;1-3-2;/h1-8H;3H2,1-2H3;. The third-order valence-electron chi connectivity index (χ3n) is 3.05. The summed E-state index contributed by atoms with van der Waals surface area (Å²) < 4.78 is 0. The van der Waals surface area contributed by atoms with Crippen LogP contribution >= 0.6 is 0 Å². The molecule has 0 N–H and O–H groups in total. The first-order valence-electron chi connectivity index (χ1n) is 7.09. The van der Waals surface area contributed by atoms with Crippen LogP contribution in [0, 0.1) is 0 Å². The SMILES string of the molecule is CCC.[Cu].c1cnc2c(c1)c1nccnc1c1cccnc12. The van der Waals surface area contributed by atoms with Gasteiger partial charge in [-0.3, -0.25) is 19.9 Å². The van der Waals surface area contributed by atoms with Crippen LogP contribution in [0.15, 0.2) is 49.1 Å². The van der Waals surface area contributed by atoms with E-state index in [1.165, 1.54) is 6.42 Å². The summed E-state index contributed by atoms with van der Waals surface area (Å²) in [5, 5.41) is 1.98. The Bertz CT molecular complexity index is 688. The second kappa shape index (κ2) is 7.25. The molecule has 0 bridgehead atoms. The molecule has 5 heteroatoms. The summed E-state index contributed by atoms with van der Waals surface area (Å²) in [6, 6.07) is 7.83. The molecule has 0 amide bonds. The Balaban J connectivity index is 0.000000411. The first kappa shape index (κ1) is 16.3. The molecule has 0 aliphatic heterocycles. The monoisotopic (exact) mass is 339 g/mol. The minimum Gasteiger partial charge on any atom is -0.254 e. The van der Waals surface area contributed by atoms with Crippen molar-refractivity contribution >= 4 is 32.8 Å². The van der Waals surface area contributed by atoms with E-state index in [0.29, 0.717) is 0 Å². The zero-order valence-corrected chi connectivity index (χ0v) is 13.4. The predicted molar refractivity (Wildman–Crippen MR) is 86.1 cm³/mol. The van der Waals surface area contributed by atoms with Crippen molar-refractivity contribution in [1.82, 2.24) is 19.9 Å². The summed E-state index contributed by atoms with van der Waals surface area (Å²) in [6.07, 6.45) is 8.21. The van der Waals surface area contributed by atoms with Crippen molar-refractivity contribution in [1.29, 1.82) is 0 Å². The minimum absolute atomic E-state index is 0. The normalized spacial score (nSPS) is 10.1. The topological polar surface area (TPSA) is 51.6 Å². The number of hydrogen-bond acceptors (Lipinski definition) is 4. The third kappa shape index (κ3) is 2.78. The van der Waals surface area contributed by atoms with E-state index in [1.807, 2.05) is 24.3 Å². The molecule has 0 unspecified atom stereocenters. The molecule has 115 valence electrons. The van der Waals surface area contributed by atoms with Crippen LogP contribution in [-0.2, 0) is 17.1 Å². The molecule has 4 nitrogen and oxygen atoms in total. The first-order chi connectivity index (χ1) is 10.4. The van der Waals surface area contributed by atoms with Crippen LogP contribution in [-0.4, -0.2) is 19.9 Å². The number of benzene rings is 1. The van der Waals surface area contributed by atoms with Crippen molar-refractivity contribution in [3.63, 3.8) is 0 Å². The van der Waals surface area contributed by atoms with Gasteiger partial charge in [0.15, 0.2) is 0 Å². The zero-order valence-electron chi connectivity index (χ0n) is 12.4. The van der Waals surface area contributed by atoms with Crippen molar-refractivity contribution in [3.8, 4) is 0 Å². The van der Waals surface area contributed by atoms with Crippen LogP contribution in [0.1, 0.15) is 20.3 Å². The number of pyridine rings is 2. The average Bonchev–Trinajstić information content (AvgIpc) is 2.56. The Morgan fingerprint density at radius 3 is 1.32 bits per heavy atom. The maximum absolute atomic E-state index is 4.43. The molecule has 3 aromatic heterocycles. The second-order valence-corrected chi connectivity index (χ2v) is 4.76. The molecular formula is C17H16CuN4. The summed E-state index contributed by atoms with van der Waals surface area (Å²) in [5.41, 5.74) is 3.50. The molecule has 0 aliphatic rings. The molecule has 0 atom stereocenters. The number of rotatable bonds is 0. The fraction of sp³-hybridized carbons (Fsp3) is 0.176. The molecule has 0 aliphatic carbocycles. The Morgan fingerprint density at radius 2 is 0.955 bits per heavy atom. The molecule has 22 heavy (non-hydrogen) atoms. The van der Waals surface area contributed by atoms with E-state index in [0.717, 1.165) is 32.8 Å². The number of aromatic nitrogens is 4. The van der Waals surface area contributed by atoms with Gasteiger partial charge in [-0.2, -0.15) is 0 Å². The van der Waals surface area contributed by atoms with Crippen LogP contribution < -0.4 is 0 Å². The summed E-state index contributed by atoms with van der Waals surface area (Å²) in [5.74, 6) is 0. The quantitative estimate of drug-likeness (QED) is 0.357. The molecule has 0 fully saturated rings. The Hall–Kier alpha value is -2.10. The molecule has 4 aromatic rings. The Kier molecular flexibility index (Phi) is 5.36. The van der Waals surface area contributed by atoms with Crippen molar-refractivity contribution in [2.75, 3.05) is 0 Å². The molecule has 3 heterocycles. The molecule has 4 rings (SSSR count). The van der Waals surface area contributed by atoms with Gasteiger partial charge >= 0.3 is 0 Å². The van der Waals surface area contributed by atoms with Gasteiger partial charge in [-0.1, -0.05) is 20.3 Å². The Morgan fingerprint density at radius 1 is 0.636 bits per heavy atom. The van der Waals surface area contributed by atoms with Gasteiger partial charge in [0.05, 0.1) is 22.1 Å². The molecule has 0 saturated carbocycles. The average molecular weight is 340 g/mol. The van der Waals surface area contributed by atoms with E-state index < -0.39 is 0 Å². The second-order valence-electron chi connectivity index (χ2n) is 4.76. The smallest absolute Gasteiger partial charge is 0.0988 e. The van der Waals surface area contributed by atoms with Gasteiger partial charge in [0.2, 0.25) is 0 Å². The predicted octanol–water partition coefficient (Wildman–Crippen LogP) is 4.14. The van der Waals surface area contributed by atoms with Gasteiger partial charge < -0.3 is 0 Å². The first-order valence-corrected chi connectivity index (χ1v) is 7.09. The summed E-state index contributed by atoms with van der Waals surface area (Å²) in [6.45, 7) is 4.25. The van der Waals surface area contributed by atoms with E-state index in [1.54, 1.807) is 24.8 Å². The van der Waals surface area contributed by atoms with Crippen LogP contribution in [0.4, 0.5) is 0 Å². The van der Waals surface area contributed by atoms with Gasteiger partial charge in [-0.05, 0) is 24.3 Å². The van der Waals surface area contributed by atoms with Gasteiger partial charge in [0, 0.05) is 52.6 Å². The number of fused-ring (bicyclic) bond motifs is 6. The summed E-state index contributed by atoms with van der Waals surface area (Å²) in [4.78, 5) is 17.7. The molecule has 0 saturated heterocycles. The maximum Gasteiger partial charge on any atom is 0.0988 e. The molecule has 0 spiro atoms. The van der Waals surface area contributed by atoms with Gasteiger partial charge in [-0.15, -0.1) is 0 Å². The van der Waals surface area contributed by atoms with E-state index in [-0.39, 0.29) is 17.1 Å². The number of nitrogens with zero attached hydrogens (tertiary/aromatic N) is 4. The van der Waals surface area contributed by atoms with E-state index in [9.17, 15) is 0 Å². The van der Waals surface area contributed by atoms with Crippen LogP contribution in [0.2, 0.25) is 0 Å². The summed E-state index contributed by atoms with van der Waals surface area (Å²) >= 11 is 0. The van der Waals surface area contributed by atoms with E-state index >= 15 is 0 Å². The van der Waals surface area contributed by atoms with Crippen LogP contribution in [0.25, 0.3) is 32.8 Å². The molecule has 1 radical (unpaired) electrons. The minimum atomic E-state index is 0. The zero-order chi connectivity index (χ0) is 14.7. The fourth-order valence-electron chi connectivity index (χ4n) is 2.30. The largest absolute Gasteiger partial charge is 0.254 e. The molecular weight excluding hydrogens is 324 g/mol. The summed E-state index contributed by atoms with van der Waals surface area (Å²) in [7, 11) is 0. The van der Waals surface area contributed by atoms with E-state index in [4.69, 9.17) is 0 Å². The van der Waals surface area contributed by atoms with Crippen LogP contribution in [0.3, 0.4) is 0 Å². The number of hydrogen-bond donors (Lipinski definition) is 0. The van der Waals surface area contributed by atoms with Crippen molar-refractivity contribution in [2.24, 2.45) is 0 Å². The van der Waals surface area contributed by atoms with Gasteiger partial charge in [-0.25, -0.2) is 0 Å². The van der Waals surface area contributed by atoms with Crippen LogP contribution in [0.5, 0.6) is 0 Å². The fourth-order valence-corrected chi connectivity index (χ4v) is 2.30. The van der Waals surface area contributed by atoms with Gasteiger partial charge in [0.25, 0.3) is 0 Å². The van der Waals surface area contributed by atoms with Gasteiger partial charge in [0.1, 0.15) is 0 Å². The Labute approximate surface area is 139 Å². The molecule has 1 aromatic carbocycles. The third-order valence-corrected chi connectivity index (χ3v) is 3.05. The maximum atomic E-state index is 4.43. The van der Waals surface area contributed by atoms with Crippen molar-refractivity contribution in [2.45, 2.75) is 20.3 Å².